The van der Waals surface area contributed by atoms with Gasteiger partial charge in [-0.2, -0.15) is 0 Å². The van der Waals surface area contributed by atoms with Crippen LogP contribution in [0.5, 0.6) is 0 Å². The lowest BCUT2D eigenvalue weighted by atomic mass is 9.68. The lowest BCUT2D eigenvalue weighted by Crippen LogP contribution is -2.56. The van der Waals surface area contributed by atoms with Crippen molar-refractivity contribution in [1.82, 2.24) is 21.5 Å². The van der Waals surface area contributed by atoms with E-state index < -0.39 is 29.9 Å². The molecule has 12 nitrogen and oxygen atoms in total. The Kier molecular flexibility index (Phi) is 13.7. The first-order valence-electron chi connectivity index (χ1n) is 15.9. The van der Waals surface area contributed by atoms with E-state index in [2.05, 4.69) is 42.8 Å². The lowest BCUT2D eigenvalue weighted by molar-refractivity contribution is -0.120. The molecule has 0 bridgehead atoms. The molecule has 3 fully saturated rings. The second kappa shape index (κ2) is 16.7. The number of alkyl carbamates (subject to hydrolysis) is 2. The van der Waals surface area contributed by atoms with E-state index in [1.807, 2.05) is 13.8 Å². The number of methoxy groups -OCH3 is 1. The molecule has 252 valence electrons. The monoisotopic (exact) mass is 628 g/mol. The molecule has 7 atom stereocenters. The predicted octanol–water partition coefficient (Wildman–Crippen LogP) is 3.69. The number of hydrogen-bond donors (Lipinski definition) is 4. The molecule has 2 heterocycles. The molecule has 7 unspecified atom stereocenters. The molecule has 0 radical (unpaired) electrons. The average molecular weight is 629 g/mol. The SMILES string of the molecule is COC1C(OC(=O)NC(COC(=O)NCCCCCCNC(=O)CNF)C(C)C)CCC2(CO2)C1C1(C)OC1CC=C(C)C. The summed E-state index contributed by atoms with van der Waals surface area (Å²) in [6, 6.07) is -0.438. The Hall–Kier alpha value is -2.48. The van der Waals surface area contributed by atoms with E-state index in [-0.39, 0.29) is 48.7 Å². The van der Waals surface area contributed by atoms with Gasteiger partial charge in [0.15, 0.2) is 0 Å². The molecule has 1 spiro atoms. The Morgan fingerprint density at radius 3 is 2.34 bits per heavy atom. The van der Waals surface area contributed by atoms with Crippen LogP contribution in [0.15, 0.2) is 11.6 Å². The molecular formula is C31H53FN4O8. The van der Waals surface area contributed by atoms with Crippen molar-refractivity contribution < 1.29 is 42.5 Å². The number of carbonyl (C=O) groups excluding carboxylic acids is 3. The molecule has 0 aromatic carbocycles. The Morgan fingerprint density at radius 2 is 1.75 bits per heavy atom. The van der Waals surface area contributed by atoms with Crippen molar-refractivity contribution in [2.24, 2.45) is 11.8 Å². The van der Waals surface area contributed by atoms with Gasteiger partial charge in [0.2, 0.25) is 5.91 Å². The smallest absolute Gasteiger partial charge is 0.407 e. The molecule has 44 heavy (non-hydrogen) atoms. The standard InChI is InChI=1S/C31H53FN4O8/c1-20(2)11-12-24-30(5,44-24)27-26(40-6)23(13-14-31(27)19-42-31)43-29(39)36-22(21(3)4)18-41-28(38)34-16-10-8-7-9-15-33-25(37)17-35-32/h11,21-24,26-27,35H,7-10,12-19H2,1-6H3,(H,33,37)(H,34,38)(H,36,39). The highest BCUT2D eigenvalue weighted by molar-refractivity contribution is 5.77. The molecule has 3 aliphatic rings. The fraction of sp³-hybridized carbons (Fsp3) is 0.839. The van der Waals surface area contributed by atoms with E-state index in [1.165, 1.54) is 11.1 Å². The van der Waals surface area contributed by atoms with E-state index in [9.17, 15) is 18.9 Å². The molecule has 3 amide bonds. The maximum Gasteiger partial charge on any atom is 0.407 e. The van der Waals surface area contributed by atoms with Crippen LogP contribution in [-0.2, 0) is 28.5 Å². The highest BCUT2D eigenvalue weighted by atomic mass is 19.2. The summed E-state index contributed by atoms with van der Waals surface area (Å²) in [5, 5.41) is 8.21. The number of epoxide rings is 2. The van der Waals surface area contributed by atoms with Crippen molar-refractivity contribution in [2.45, 2.75) is 115 Å². The van der Waals surface area contributed by atoms with Gasteiger partial charge in [0, 0.05) is 20.2 Å². The minimum Gasteiger partial charge on any atom is -0.447 e. The van der Waals surface area contributed by atoms with Crippen LogP contribution in [0.1, 0.15) is 79.6 Å². The van der Waals surface area contributed by atoms with Crippen LogP contribution in [-0.4, -0.2) is 93.6 Å². The second-order valence-electron chi connectivity index (χ2n) is 12.9. The number of ether oxygens (including phenoxy) is 5. The van der Waals surface area contributed by atoms with E-state index in [1.54, 1.807) is 7.11 Å². The molecule has 4 N–H and O–H groups in total. The molecule has 0 aromatic rings. The molecule has 1 aliphatic carbocycles. The number of amides is 3. The summed E-state index contributed by atoms with van der Waals surface area (Å²) in [6.45, 7) is 11.4. The zero-order valence-electron chi connectivity index (χ0n) is 27.2. The average Bonchev–Trinajstić information content (AvgIpc) is 3.88. The summed E-state index contributed by atoms with van der Waals surface area (Å²) in [5.41, 5.74) is 1.83. The maximum atomic E-state index is 13.1. The van der Waals surface area contributed by atoms with Crippen LogP contribution in [0.4, 0.5) is 14.1 Å². The summed E-state index contributed by atoms with van der Waals surface area (Å²) in [7, 11) is 1.64. The molecule has 3 rings (SSSR count). The fourth-order valence-corrected chi connectivity index (χ4v) is 6.16. The van der Waals surface area contributed by atoms with Crippen LogP contribution in [0.2, 0.25) is 0 Å². The number of rotatable bonds is 18. The quantitative estimate of drug-likeness (QED) is 0.0771. The van der Waals surface area contributed by atoms with E-state index >= 15 is 0 Å². The minimum atomic E-state index is -0.578. The van der Waals surface area contributed by atoms with Crippen LogP contribution in [0, 0.1) is 11.8 Å². The van der Waals surface area contributed by atoms with Crippen molar-refractivity contribution >= 4 is 18.1 Å². The number of halogens is 1. The highest BCUT2D eigenvalue weighted by Gasteiger charge is 2.72. The molecule has 13 heteroatoms. The van der Waals surface area contributed by atoms with Gasteiger partial charge in [0.1, 0.15) is 36.6 Å². The summed E-state index contributed by atoms with van der Waals surface area (Å²) in [4.78, 5) is 36.5. The van der Waals surface area contributed by atoms with Crippen LogP contribution >= 0.6 is 0 Å². The van der Waals surface area contributed by atoms with Crippen molar-refractivity contribution in [3.63, 3.8) is 0 Å². The molecule has 2 aliphatic heterocycles. The molecule has 2 saturated heterocycles. The number of nitrogens with one attached hydrogen (secondary N) is 4. The van der Waals surface area contributed by atoms with Crippen LogP contribution in [0.25, 0.3) is 0 Å². The third-order valence-corrected chi connectivity index (χ3v) is 8.92. The van der Waals surface area contributed by atoms with Crippen molar-refractivity contribution in [1.29, 1.82) is 0 Å². The van der Waals surface area contributed by atoms with Gasteiger partial charge in [-0.15, -0.1) is 10.0 Å². The second-order valence-corrected chi connectivity index (χ2v) is 12.9. The summed E-state index contributed by atoms with van der Waals surface area (Å²) < 4.78 is 41.4. The largest absolute Gasteiger partial charge is 0.447 e. The minimum absolute atomic E-state index is 0.00192. The van der Waals surface area contributed by atoms with Gasteiger partial charge in [-0.3, -0.25) is 4.79 Å². The first-order chi connectivity index (χ1) is 21.0. The highest BCUT2D eigenvalue weighted by Crippen LogP contribution is 2.59. The Morgan fingerprint density at radius 1 is 1.07 bits per heavy atom. The van der Waals surface area contributed by atoms with E-state index in [0.29, 0.717) is 26.1 Å². The predicted molar refractivity (Wildman–Crippen MR) is 161 cm³/mol. The van der Waals surface area contributed by atoms with E-state index in [4.69, 9.17) is 23.7 Å². The normalized spacial score (nSPS) is 29.5. The third kappa shape index (κ3) is 10.3. The zero-order valence-corrected chi connectivity index (χ0v) is 27.2. The van der Waals surface area contributed by atoms with Gasteiger partial charge >= 0.3 is 12.2 Å². The number of hydrogen-bond acceptors (Lipinski definition) is 9. The van der Waals surface area contributed by atoms with Crippen LogP contribution < -0.4 is 21.5 Å². The zero-order chi connectivity index (χ0) is 32.3. The number of allylic oxidation sites excluding steroid dienone is 1. The topological polar surface area (TPSA) is 152 Å². The van der Waals surface area contributed by atoms with Crippen molar-refractivity contribution in [3.05, 3.63) is 11.6 Å². The third-order valence-electron chi connectivity index (χ3n) is 8.92. The molecule has 0 aromatic heterocycles. The van der Waals surface area contributed by atoms with Gasteiger partial charge in [-0.05, 0) is 58.8 Å². The van der Waals surface area contributed by atoms with Gasteiger partial charge in [0.25, 0.3) is 0 Å². The number of carbonyl (C=O) groups is 3. The summed E-state index contributed by atoms with van der Waals surface area (Å²) in [5.74, 6) is -0.461. The van der Waals surface area contributed by atoms with Crippen molar-refractivity contribution in [3.8, 4) is 0 Å². The van der Waals surface area contributed by atoms with Crippen molar-refractivity contribution in [2.75, 3.05) is 40.0 Å². The Labute approximate surface area is 260 Å². The van der Waals surface area contributed by atoms with E-state index in [0.717, 1.165) is 38.5 Å². The Bertz CT molecular complexity index is 990. The molecular weight excluding hydrogens is 575 g/mol. The summed E-state index contributed by atoms with van der Waals surface area (Å²) >= 11 is 0. The van der Waals surface area contributed by atoms with Gasteiger partial charge in [-0.1, -0.05) is 38.3 Å². The van der Waals surface area contributed by atoms with Gasteiger partial charge < -0.3 is 39.6 Å². The van der Waals surface area contributed by atoms with Gasteiger partial charge in [-0.25, -0.2) is 9.59 Å². The summed E-state index contributed by atoms with van der Waals surface area (Å²) in [6.07, 6.45) is 5.71. The number of unbranched alkanes of at least 4 members (excludes halogenated alkanes) is 3. The first-order valence-corrected chi connectivity index (χ1v) is 15.9. The lowest BCUT2D eigenvalue weighted by Gasteiger charge is -2.42. The maximum absolute atomic E-state index is 13.1. The van der Waals surface area contributed by atoms with Gasteiger partial charge in [0.05, 0.1) is 24.7 Å². The molecule has 1 saturated carbocycles. The van der Waals surface area contributed by atoms with Crippen LogP contribution in [0.3, 0.4) is 0 Å². The first kappa shape index (κ1) is 36.0. The Balaban J connectivity index is 1.40. The fourth-order valence-electron chi connectivity index (χ4n) is 6.16.